The summed E-state index contributed by atoms with van der Waals surface area (Å²) < 4.78 is 5.07. The van der Waals surface area contributed by atoms with E-state index >= 15 is 0 Å². The molecule has 0 aliphatic carbocycles. The predicted molar refractivity (Wildman–Crippen MR) is 80.8 cm³/mol. The molecule has 112 valence electrons. The maximum absolute atomic E-state index is 12.1. The molecule has 1 aromatic rings. The zero-order valence-corrected chi connectivity index (χ0v) is 13.2. The van der Waals surface area contributed by atoms with Gasteiger partial charge < -0.3 is 14.7 Å². The Hall–Kier alpha value is -1.55. The van der Waals surface area contributed by atoms with Crippen molar-refractivity contribution in [1.82, 2.24) is 0 Å². The van der Waals surface area contributed by atoms with E-state index in [1.54, 1.807) is 27.7 Å². The summed E-state index contributed by atoms with van der Waals surface area (Å²) >= 11 is 0. The Morgan fingerprint density at radius 1 is 1.20 bits per heavy atom. The Kier molecular flexibility index (Phi) is 4.81. The second kappa shape index (κ2) is 5.83. The van der Waals surface area contributed by atoms with Crippen molar-refractivity contribution in [1.29, 1.82) is 0 Å². The fourth-order valence-corrected chi connectivity index (χ4v) is 1.96. The predicted octanol–water partition coefficient (Wildman–Crippen LogP) is 2.55. The Balaban J connectivity index is 3.11. The molecule has 4 heteroatoms. The number of hydrogen-bond acceptors (Lipinski definition) is 4. The molecule has 1 N–H and O–H groups in total. The van der Waals surface area contributed by atoms with Crippen molar-refractivity contribution in [2.24, 2.45) is 5.41 Å². The number of nitrogens with zero attached hydrogens (tertiary/aromatic N) is 1. The number of ether oxygens (including phenoxy) is 1. The topological polar surface area (TPSA) is 49.8 Å². The maximum atomic E-state index is 12.1. The molecule has 0 spiro atoms. The molecule has 1 unspecified atom stereocenters. The molecule has 0 bridgehead atoms. The summed E-state index contributed by atoms with van der Waals surface area (Å²) in [6, 6.07) is 7.53. The van der Waals surface area contributed by atoms with Gasteiger partial charge in [0.25, 0.3) is 0 Å². The third kappa shape index (κ3) is 2.96. The van der Waals surface area contributed by atoms with Crippen LogP contribution in [0.3, 0.4) is 0 Å². The minimum atomic E-state index is -1.30. The van der Waals surface area contributed by atoms with Crippen LogP contribution >= 0.6 is 0 Å². The monoisotopic (exact) mass is 279 g/mol. The first-order chi connectivity index (χ1) is 9.14. The third-order valence-electron chi connectivity index (χ3n) is 3.95. The van der Waals surface area contributed by atoms with Crippen molar-refractivity contribution in [3.63, 3.8) is 0 Å². The van der Waals surface area contributed by atoms with Gasteiger partial charge in [0.15, 0.2) is 0 Å². The molecule has 0 aliphatic heterocycles. The van der Waals surface area contributed by atoms with Gasteiger partial charge >= 0.3 is 5.97 Å². The van der Waals surface area contributed by atoms with E-state index < -0.39 is 17.0 Å². The van der Waals surface area contributed by atoms with E-state index in [9.17, 15) is 9.90 Å². The minimum absolute atomic E-state index is 0.303. The molecule has 0 saturated carbocycles. The molecule has 1 rings (SSSR count). The van der Waals surface area contributed by atoms with Gasteiger partial charge in [-0.2, -0.15) is 0 Å². The van der Waals surface area contributed by atoms with Crippen LogP contribution in [0.4, 0.5) is 5.69 Å². The first kappa shape index (κ1) is 16.5. The van der Waals surface area contributed by atoms with Gasteiger partial charge in [-0.25, -0.2) is 0 Å². The lowest BCUT2D eigenvalue weighted by Gasteiger charge is -2.38. The van der Waals surface area contributed by atoms with Gasteiger partial charge in [0.2, 0.25) is 0 Å². The van der Waals surface area contributed by atoms with E-state index in [-0.39, 0.29) is 0 Å². The number of hydrogen-bond donors (Lipinski definition) is 1. The van der Waals surface area contributed by atoms with Gasteiger partial charge in [0.05, 0.1) is 12.0 Å². The van der Waals surface area contributed by atoms with Crippen LogP contribution in [0.1, 0.15) is 33.3 Å². The van der Waals surface area contributed by atoms with E-state index in [4.69, 9.17) is 4.74 Å². The highest BCUT2D eigenvalue weighted by atomic mass is 16.5. The summed E-state index contributed by atoms with van der Waals surface area (Å²) in [5.41, 5.74) is -0.591. The van der Waals surface area contributed by atoms with Crippen LogP contribution in [0.5, 0.6) is 0 Å². The zero-order chi connectivity index (χ0) is 15.6. The summed E-state index contributed by atoms with van der Waals surface area (Å²) in [6.07, 6.45) is 0. The largest absolute Gasteiger partial charge is 0.465 e. The highest BCUT2D eigenvalue weighted by Gasteiger charge is 2.47. The van der Waals surface area contributed by atoms with Crippen molar-refractivity contribution in [3.05, 3.63) is 29.8 Å². The van der Waals surface area contributed by atoms with Crippen molar-refractivity contribution in [2.75, 3.05) is 25.6 Å². The molecular weight excluding hydrogens is 254 g/mol. The molecule has 1 aromatic carbocycles. The lowest BCUT2D eigenvalue weighted by molar-refractivity contribution is -0.170. The van der Waals surface area contributed by atoms with Crippen LogP contribution in [-0.4, -0.2) is 31.8 Å². The number of carbonyl (C=O) groups excluding carboxylic acids is 1. The van der Waals surface area contributed by atoms with Gasteiger partial charge in [0.1, 0.15) is 5.60 Å². The summed E-state index contributed by atoms with van der Waals surface area (Å²) in [6.45, 7) is 7.11. The van der Waals surface area contributed by atoms with Crippen molar-refractivity contribution < 1.29 is 14.6 Å². The SMILES string of the molecule is CCOC(=O)C(C)(C)C(C)(O)c1ccc(N(C)C)cc1. The maximum Gasteiger partial charge on any atom is 0.314 e. The zero-order valence-electron chi connectivity index (χ0n) is 13.2. The summed E-state index contributed by atoms with van der Waals surface area (Å²) in [5, 5.41) is 10.8. The van der Waals surface area contributed by atoms with E-state index in [1.807, 2.05) is 43.3 Å². The summed E-state index contributed by atoms with van der Waals surface area (Å²) in [4.78, 5) is 14.1. The number of rotatable bonds is 5. The Bertz CT molecular complexity index is 461. The molecule has 0 aliphatic rings. The molecule has 0 aromatic heterocycles. The normalized spacial score (nSPS) is 14.6. The standard InChI is InChI=1S/C16H25NO3/c1-7-20-14(18)15(2,3)16(4,19)12-8-10-13(11-9-12)17(5)6/h8-11,19H,7H2,1-6H3. The average Bonchev–Trinajstić information content (AvgIpc) is 2.38. The highest BCUT2D eigenvalue weighted by Crippen LogP contribution is 2.40. The molecular formula is C16H25NO3. The van der Waals surface area contributed by atoms with Crippen LogP contribution in [0.15, 0.2) is 24.3 Å². The summed E-state index contributed by atoms with van der Waals surface area (Å²) in [7, 11) is 3.91. The Labute approximate surface area is 121 Å². The molecule has 0 fully saturated rings. The van der Waals surface area contributed by atoms with Crippen LogP contribution in [0, 0.1) is 5.41 Å². The Morgan fingerprint density at radius 3 is 2.10 bits per heavy atom. The fourth-order valence-electron chi connectivity index (χ4n) is 1.96. The third-order valence-corrected chi connectivity index (χ3v) is 3.95. The van der Waals surface area contributed by atoms with Crippen molar-refractivity contribution in [2.45, 2.75) is 33.3 Å². The second-order valence-electron chi connectivity index (χ2n) is 5.86. The molecule has 20 heavy (non-hydrogen) atoms. The van der Waals surface area contributed by atoms with Gasteiger partial charge in [-0.3, -0.25) is 4.79 Å². The lowest BCUT2D eigenvalue weighted by atomic mass is 9.72. The quantitative estimate of drug-likeness (QED) is 0.842. The molecule has 0 heterocycles. The van der Waals surface area contributed by atoms with Crippen molar-refractivity contribution >= 4 is 11.7 Å². The second-order valence-corrected chi connectivity index (χ2v) is 5.86. The highest BCUT2D eigenvalue weighted by molar-refractivity contribution is 5.78. The van der Waals surface area contributed by atoms with Crippen LogP contribution in [0.2, 0.25) is 0 Å². The van der Waals surface area contributed by atoms with Gasteiger partial charge in [-0.1, -0.05) is 12.1 Å². The minimum Gasteiger partial charge on any atom is -0.465 e. The first-order valence-corrected chi connectivity index (χ1v) is 6.82. The number of aliphatic hydroxyl groups is 1. The van der Waals surface area contributed by atoms with Crippen LogP contribution < -0.4 is 4.90 Å². The number of carbonyl (C=O) groups is 1. The van der Waals surface area contributed by atoms with Crippen LogP contribution in [0.25, 0.3) is 0 Å². The number of benzene rings is 1. The average molecular weight is 279 g/mol. The molecule has 0 radical (unpaired) electrons. The van der Waals surface area contributed by atoms with Gasteiger partial charge in [-0.15, -0.1) is 0 Å². The van der Waals surface area contributed by atoms with Crippen LogP contribution in [-0.2, 0) is 15.1 Å². The smallest absolute Gasteiger partial charge is 0.314 e. The number of anilines is 1. The molecule has 1 atom stereocenters. The lowest BCUT2D eigenvalue weighted by Crippen LogP contribution is -2.46. The van der Waals surface area contributed by atoms with Gasteiger partial charge in [0, 0.05) is 19.8 Å². The molecule has 0 saturated heterocycles. The van der Waals surface area contributed by atoms with E-state index in [2.05, 4.69) is 0 Å². The Morgan fingerprint density at radius 2 is 1.70 bits per heavy atom. The van der Waals surface area contributed by atoms with E-state index in [0.717, 1.165) is 5.69 Å². The van der Waals surface area contributed by atoms with E-state index in [0.29, 0.717) is 12.2 Å². The number of esters is 1. The summed E-state index contributed by atoms with van der Waals surface area (Å²) in [5.74, 6) is -0.401. The molecule has 4 nitrogen and oxygen atoms in total. The molecule has 0 amide bonds. The van der Waals surface area contributed by atoms with E-state index in [1.165, 1.54) is 0 Å². The van der Waals surface area contributed by atoms with Gasteiger partial charge in [-0.05, 0) is 45.4 Å². The first-order valence-electron chi connectivity index (χ1n) is 6.82. The fraction of sp³-hybridized carbons (Fsp3) is 0.562. The van der Waals surface area contributed by atoms with Crippen molar-refractivity contribution in [3.8, 4) is 0 Å².